The Kier molecular flexibility index (Phi) is 6.47. The van der Waals surface area contributed by atoms with Crippen LogP contribution in [0.3, 0.4) is 0 Å². The molecule has 29 heavy (non-hydrogen) atoms. The predicted molar refractivity (Wildman–Crippen MR) is 114 cm³/mol. The zero-order valence-corrected chi connectivity index (χ0v) is 18.0. The first kappa shape index (κ1) is 20.7. The molecule has 2 amide bonds. The van der Waals surface area contributed by atoms with Crippen LogP contribution in [-0.2, 0) is 4.79 Å². The first-order valence-electron chi connectivity index (χ1n) is 11.0. The summed E-state index contributed by atoms with van der Waals surface area (Å²) in [4.78, 5) is 30.6. The molecular formula is C23H31FN2O2S. The molecule has 0 spiro atoms. The van der Waals surface area contributed by atoms with Gasteiger partial charge >= 0.3 is 0 Å². The molecule has 1 saturated carbocycles. The van der Waals surface area contributed by atoms with Crippen LogP contribution in [0, 0.1) is 17.7 Å². The topological polar surface area (TPSA) is 40.6 Å². The molecule has 0 aromatic heterocycles. The van der Waals surface area contributed by atoms with Gasteiger partial charge in [0.1, 0.15) is 11.9 Å². The van der Waals surface area contributed by atoms with E-state index < -0.39 is 11.9 Å². The van der Waals surface area contributed by atoms with Crippen molar-refractivity contribution in [3.63, 3.8) is 0 Å². The fourth-order valence-electron chi connectivity index (χ4n) is 4.97. The summed E-state index contributed by atoms with van der Waals surface area (Å²) < 4.78 is 13.8. The lowest BCUT2D eigenvalue weighted by atomic mass is 9.88. The highest BCUT2D eigenvalue weighted by molar-refractivity contribution is 8.00. The summed E-state index contributed by atoms with van der Waals surface area (Å²) in [6, 6.07) is 5.45. The van der Waals surface area contributed by atoms with Gasteiger partial charge in [0.2, 0.25) is 5.91 Å². The van der Waals surface area contributed by atoms with Crippen LogP contribution in [0.2, 0.25) is 0 Å². The van der Waals surface area contributed by atoms with E-state index in [2.05, 4.69) is 6.92 Å². The van der Waals surface area contributed by atoms with Gasteiger partial charge in [0, 0.05) is 24.4 Å². The van der Waals surface area contributed by atoms with E-state index in [9.17, 15) is 14.0 Å². The average Bonchev–Trinajstić information content (AvgIpc) is 3.19. The van der Waals surface area contributed by atoms with E-state index in [4.69, 9.17) is 0 Å². The fourth-order valence-corrected chi connectivity index (χ4v) is 6.60. The summed E-state index contributed by atoms with van der Waals surface area (Å²) in [5, 5.41) is 0.0173. The van der Waals surface area contributed by atoms with Gasteiger partial charge in [-0.1, -0.05) is 32.3 Å². The number of amides is 2. The molecule has 0 unspecified atom stereocenters. The zero-order valence-electron chi connectivity index (χ0n) is 17.2. The summed E-state index contributed by atoms with van der Waals surface area (Å²) >= 11 is 1.75. The lowest BCUT2D eigenvalue weighted by Crippen LogP contribution is -2.53. The van der Waals surface area contributed by atoms with Crippen molar-refractivity contribution in [2.45, 2.75) is 63.3 Å². The summed E-state index contributed by atoms with van der Waals surface area (Å²) in [5.74, 6) is 1.18. The molecule has 3 fully saturated rings. The number of carbonyl (C=O) groups excluding carboxylic acids is 2. The molecular weight excluding hydrogens is 387 g/mol. The van der Waals surface area contributed by atoms with E-state index in [0.717, 1.165) is 38.8 Å². The Balaban J connectivity index is 1.59. The van der Waals surface area contributed by atoms with E-state index in [-0.39, 0.29) is 17.2 Å². The van der Waals surface area contributed by atoms with Crippen LogP contribution in [0.1, 0.15) is 62.2 Å². The van der Waals surface area contributed by atoms with Crippen molar-refractivity contribution in [2.24, 2.45) is 11.8 Å². The zero-order chi connectivity index (χ0) is 20.4. The maximum atomic E-state index is 13.8. The van der Waals surface area contributed by atoms with Crippen molar-refractivity contribution in [2.75, 3.05) is 18.8 Å². The largest absolute Gasteiger partial charge is 0.341 e. The third-order valence-electron chi connectivity index (χ3n) is 6.77. The Morgan fingerprint density at radius 3 is 2.48 bits per heavy atom. The van der Waals surface area contributed by atoms with Gasteiger partial charge in [0.25, 0.3) is 5.91 Å². The van der Waals surface area contributed by atoms with Crippen molar-refractivity contribution in [1.82, 2.24) is 9.80 Å². The van der Waals surface area contributed by atoms with Crippen molar-refractivity contribution >= 4 is 23.6 Å². The van der Waals surface area contributed by atoms with Crippen LogP contribution in [0.5, 0.6) is 0 Å². The molecule has 158 valence electrons. The standard InChI is InChI=1S/C23H31FN2O2S/c1-16-10-12-25(13-11-16)22(28)20-15-29-23(17-6-3-2-4-7-17)26(20)21(27)18-8-5-9-19(24)14-18/h5,8-9,14,16-17,20,23H,2-4,6-7,10-13,15H2,1H3/t20-,23-/m1/s1. The lowest BCUT2D eigenvalue weighted by Gasteiger charge is -2.38. The Morgan fingerprint density at radius 1 is 1.07 bits per heavy atom. The summed E-state index contributed by atoms with van der Waals surface area (Å²) in [6.07, 6.45) is 7.88. The molecule has 1 aromatic carbocycles. The van der Waals surface area contributed by atoms with Crippen molar-refractivity contribution in [3.8, 4) is 0 Å². The van der Waals surface area contributed by atoms with Gasteiger partial charge in [0.05, 0.1) is 5.37 Å². The van der Waals surface area contributed by atoms with Gasteiger partial charge in [-0.15, -0.1) is 11.8 Å². The maximum Gasteiger partial charge on any atom is 0.255 e. The summed E-state index contributed by atoms with van der Waals surface area (Å²) in [5.41, 5.74) is 0.346. The van der Waals surface area contributed by atoms with E-state index in [0.29, 0.717) is 23.2 Å². The first-order chi connectivity index (χ1) is 14.0. The highest BCUT2D eigenvalue weighted by Crippen LogP contribution is 2.41. The number of halogens is 1. The molecule has 2 aliphatic heterocycles. The van der Waals surface area contributed by atoms with Gasteiger partial charge in [-0.05, 0) is 55.7 Å². The highest BCUT2D eigenvalue weighted by Gasteiger charge is 2.46. The molecule has 0 radical (unpaired) electrons. The Hall–Kier alpha value is -1.56. The molecule has 1 aromatic rings. The Labute approximate surface area is 177 Å². The van der Waals surface area contributed by atoms with Crippen molar-refractivity contribution in [3.05, 3.63) is 35.6 Å². The lowest BCUT2D eigenvalue weighted by molar-refractivity contribution is -0.136. The van der Waals surface area contributed by atoms with Gasteiger partial charge in [-0.3, -0.25) is 9.59 Å². The number of hydrogen-bond acceptors (Lipinski definition) is 3. The Bertz CT molecular complexity index is 744. The number of thioether (sulfide) groups is 1. The van der Waals surface area contributed by atoms with Crippen LogP contribution in [0.25, 0.3) is 0 Å². The van der Waals surface area contributed by atoms with Gasteiger partial charge in [-0.2, -0.15) is 0 Å². The van der Waals surface area contributed by atoms with Crippen molar-refractivity contribution in [1.29, 1.82) is 0 Å². The van der Waals surface area contributed by atoms with Crippen LogP contribution in [0.4, 0.5) is 4.39 Å². The van der Waals surface area contributed by atoms with E-state index in [1.165, 1.54) is 31.4 Å². The predicted octanol–water partition coefficient (Wildman–Crippen LogP) is 4.55. The minimum absolute atomic E-state index is 0.0173. The number of rotatable bonds is 3. The summed E-state index contributed by atoms with van der Waals surface area (Å²) in [7, 11) is 0. The van der Waals surface area contributed by atoms with E-state index in [1.54, 1.807) is 23.9 Å². The molecule has 2 atom stereocenters. The van der Waals surface area contributed by atoms with Gasteiger partial charge < -0.3 is 9.80 Å². The molecule has 6 heteroatoms. The smallest absolute Gasteiger partial charge is 0.255 e. The van der Waals surface area contributed by atoms with E-state index >= 15 is 0 Å². The SMILES string of the molecule is CC1CCN(C(=O)[C@H]2CS[C@H](C3CCCCC3)N2C(=O)c2cccc(F)c2)CC1. The minimum Gasteiger partial charge on any atom is -0.341 e. The van der Waals surface area contributed by atoms with Crippen LogP contribution in [-0.4, -0.2) is 51.9 Å². The second kappa shape index (κ2) is 9.07. The van der Waals surface area contributed by atoms with Crippen LogP contribution >= 0.6 is 11.8 Å². The Morgan fingerprint density at radius 2 is 1.79 bits per heavy atom. The molecule has 2 heterocycles. The molecule has 4 rings (SSSR count). The monoisotopic (exact) mass is 418 g/mol. The van der Waals surface area contributed by atoms with E-state index in [1.807, 2.05) is 9.80 Å². The fraction of sp³-hybridized carbons (Fsp3) is 0.652. The molecule has 2 saturated heterocycles. The van der Waals surface area contributed by atoms with Gasteiger partial charge in [-0.25, -0.2) is 4.39 Å². The molecule has 1 aliphatic carbocycles. The number of piperidine rings is 1. The molecule has 0 N–H and O–H groups in total. The van der Waals surface area contributed by atoms with Crippen LogP contribution in [0.15, 0.2) is 24.3 Å². The molecule has 0 bridgehead atoms. The van der Waals surface area contributed by atoms with Gasteiger partial charge in [0.15, 0.2) is 0 Å². The summed E-state index contributed by atoms with van der Waals surface area (Å²) in [6.45, 7) is 3.78. The molecule has 3 aliphatic rings. The normalized spacial score (nSPS) is 26.7. The third-order valence-corrected chi connectivity index (χ3v) is 8.24. The number of hydrogen-bond donors (Lipinski definition) is 0. The minimum atomic E-state index is -0.434. The highest BCUT2D eigenvalue weighted by atomic mass is 32.2. The number of carbonyl (C=O) groups is 2. The first-order valence-corrected chi connectivity index (χ1v) is 12.1. The maximum absolute atomic E-state index is 13.8. The van der Waals surface area contributed by atoms with Crippen LogP contribution < -0.4 is 0 Å². The second-order valence-electron chi connectivity index (χ2n) is 8.87. The average molecular weight is 419 g/mol. The number of benzene rings is 1. The number of likely N-dealkylation sites (tertiary alicyclic amines) is 1. The third kappa shape index (κ3) is 4.47. The molecule has 4 nitrogen and oxygen atoms in total. The quantitative estimate of drug-likeness (QED) is 0.723. The second-order valence-corrected chi connectivity index (χ2v) is 10.0. The van der Waals surface area contributed by atoms with Crippen molar-refractivity contribution < 1.29 is 14.0 Å². The number of nitrogens with zero attached hydrogens (tertiary/aromatic N) is 2.